The van der Waals surface area contributed by atoms with Gasteiger partial charge in [-0.2, -0.15) is 0 Å². The van der Waals surface area contributed by atoms with Crippen LogP contribution in [0.1, 0.15) is 30.5 Å². The highest BCUT2D eigenvalue weighted by atomic mass is 15.2. The minimum atomic E-state index is -0.0194. The van der Waals surface area contributed by atoms with Crippen LogP contribution in [0.2, 0.25) is 0 Å². The molecule has 1 aliphatic heterocycles. The lowest BCUT2D eigenvalue weighted by molar-refractivity contribution is 0.660. The van der Waals surface area contributed by atoms with Crippen molar-refractivity contribution in [3.8, 4) is 39.2 Å². The number of rotatable bonds is 4. The van der Waals surface area contributed by atoms with E-state index in [1.165, 1.54) is 61.0 Å². The highest BCUT2D eigenvalue weighted by molar-refractivity contribution is 6.19. The molecule has 2 aliphatic rings. The van der Waals surface area contributed by atoms with Crippen molar-refractivity contribution in [3.05, 3.63) is 162 Å². The fourth-order valence-electron chi connectivity index (χ4n) is 8.61. The number of hydrogen-bond acceptors (Lipinski definition) is 3. The van der Waals surface area contributed by atoms with Crippen LogP contribution < -0.4 is 4.90 Å². The maximum atomic E-state index is 5.01. The number of aliphatic imine (C=N–C) groups is 1. The minimum Gasteiger partial charge on any atom is -0.335 e. The number of hydrogen-bond donors (Lipinski definition) is 0. The third-order valence-corrected chi connectivity index (χ3v) is 11.0. The van der Waals surface area contributed by atoms with Crippen molar-refractivity contribution in [2.24, 2.45) is 4.99 Å². The van der Waals surface area contributed by atoms with Crippen LogP contribution in [0.3, 0.4) is 0 Å². The summed E-state index contributed by atoms with van der Waals surface area (Å²) in [6.45, 7) is 9.30. The van der Waals surface area contributed by atoms with Gasteiger partial charge in [-0.15, -0.1) is 0 Å². The molecule has 238 valence electrons. The summed E-state index contributed by atoms with van der Waals surface area (Å²) < 4.78 is 2.33. The fraction of sp³-hybridized carbons (Fsp3) is 0.0870. The summed E-state index contributed by atoms with van der Waals surface area (Å²) in [6.07, 6.45) is 1.95. The second-order valence-electron chi connectivity index (χ2n) is 13.9. The Bertz CT molecular complexity index is 2690. The van der Waals surface area contributed by atoms with Crippen molar-refractivity contribution < 1.29 is 0 Å². The Balaban J connectivity index is 1.19. The van der Waals surface area contributed by atoms with Gasteiger partial charge < -0.3 is 4.90 Å². The first kappa shape index (κ1) is 28.7. The molecule has 3 heterocycles. The van der Waals surface area contributed by atoms with Crippen molar-refractivity contribution >= 4 is 45.6 Å². The van der Waals surface area contributed by atoms with Crippen molar-refractivity contribution in [2.45, 2.75) is 25.8 Å². The summed E-state index contributed by atoms with van der Waals surface area (Å²) in [4.78, 5) is 11.8. The minimum absolute atomic E-state index is 0.0194. The molecule has 1 aliphatic carbocycles. The number of aromatic nitrogens is 2. The zero-order valence-corrected chi connectivity index (χ0v) is 28.1. The van der Waals surface area contributed by atoms with Crippen molar-refractivity contribution in [3.63, 3.8) is 0 Å². The molecule has 0 saturated heterocycles. The van der Waals surface area contributed by atoms with E-state index in [2.05, 4.69) is 162 Å². The molecule has 0 saturated carbocycles. The second kappa shape index (κ2) is 10.6. The Hall–Kier alpha value is -6.26. The van der Waals surface area contributed by atoms with Gasteiger partial charge in [0.05, 0.1) is 28.1 Å². The van der Waals surface area contributed by atoms with Crippen LogP contribution in [0.4, 0.5) is 17.1 Å². The smallest absolute Gasteiger partial charge is 0.138 e. The van der Waals surface area contributed by atoms with Crippen LogP contribution in [0.5, 0.6) is 0 Å². The highest BCUT2D eigenvalue weighted by Crippen LogP contribution is 2.52. The van der Waals surface area contributed by atoms with Crippen LogP contribution in [0.25, 0.3) is 61.0 Å². The molecule has 4 heteroatoms. The van der Waals surface area contributed by atoms with Gasteiger partial charge in [0.25, 0.3) is 0 Å². The molecule has 0 bridgehead atoms. The molecule has 0 N–H and O–H groups in total. The molecular weight excluding hydrogens is 609 g/mol. The van der Waals surface area contributed by atoms with Crippen LogP contribution in [0, 0.1) is 0 Å². The average Bonchev–Trinajstić information content (AvgIpc) is 3.63. The second-order valence-corrected chi connectivity index (χ2v) is 13.9. The lowest BCUT2D eigenvalue weighted by Gasteiger charge is -2.34. The predicted molar refractivity (Wildman–Crippen MR) is 209 cm³/mol. The molecule has 0 atom stereocenters. The van der Waals surface area contributed by atoms with Gasteiger partial charge in [-0.1, -0.05) is 105 Å². The molecule has 4 nitrogen and oxygen atoms in total. The quantitative estimate of drug-likeness (QED) is 0.179. The summed E-state index contributed by atoms with van der Waals surface area (Å²) in [5.74, 6) is 0.900. The molecular formula is C46H34N4. The Morgan fingerprint density at radius 2 is 1.38 bits per heavy atom. The zero-order chi connectivity index (χ0) is 33.6. The predicted octanol–water partition coefficient (Wildman–Crippen LogP) is 11.8. The van der Waals surface area contributed by atoms with E-state index in [1.807, 2.05) is 18.3 Å². The van der Waals surface area contributed by atoms with Gasteiger partial charge in [0.2, 0.25) is 0 Å². The summed E-state index contributed by atoms with van der Waals surface area (Å²) in [6, 6.07) is 50.5. The Labute approximate surface area is 291 Å². The van der Waals surface area contributed by atoms with Gasteiger partial charge in [0.15, 0.2) is 0 Å². The largest absolute Gasteiger partial charge is 0.335 e. The summed E-state index contributed by atoms with van der Waals surface area (Å²) in [5, 5.41) is 2.43. The molecule has 0 unspecified atom stereocenters. The van der Waals surface area contributed by atoms with Crippen molar-refractivity contribution in [1.29, 1.82) is 0 Å². The van der Waals surface area contributed by atoms with Crippen LogP contribution in [-0.4, -0.2) is 16.3 Å². The number of benzene rings is 6. The standard InChI is InChI=1S/C46H34N4/c1-46(2)36-16-8-6-14-33(36)35-26-29(20-21-37(35)46)30-24-25-48-43(27-30)50-39-18-10-7-15-34(39)45-42(50)23-22-41-44(45)32-13-5-4-12-31(32)28-49(41)40-19-11-9-17-38(40)47-3/h4-27H,3,28H2,1-2H3. The van der Waals surface area contributed by atoms with Gasteiger partial charge in [0, 0.05) is 34.5 Å². The maximum absolute atomic E-state index is 5.01. The first-order valence-electron chi connectivity index (χ1n) is 17.2. The van der Waals surface area contributed by atoms with Gasteiger partial charge >= 0.3 is 0 Å². The van der Waals surface area contributed by atoms with E-state index in [0.717, 1.165) is 40.3 Å². The summed E-state index contributed by atoms with van der Waals surface area (Å²) >= 11 is 0. The number of pyridine rings is 1. The number of anilines is 2. The van der Waals surface area contributed by atoms with Gasteiger partial charge in [-0.3, -0.25) is 9.56 Å². The molecule has 0 fully saturated rings. The molecule has 8 aromatic rings. The van der Waals surface area contributed by atoms with E-state index in [1.54, 1.807) is 0 Å². The Morgan fingerprint density at radius 1 is 0.640 bits per heavy atom. The van der Waals surface area contributed by atoms with Crippen LogP contribution in [0.15, 0.2) is 151 Å². The first-order valence-corrected chi connectivity index (χ1v) is 17.2. The molecule has 0 spiro atoms. The molecule has 0 amide bonds. The van der Waals surface area contributed by atoms with E-state index in [0.29, 0.717) is 0 Å². The zero-order valence-electron chi connectivity index (χ0n) is 28.1. The summed E-state index contributed by atoms with van der Waals surface area (Å²) in [5.41, 5.74) is 16.9. The van der Waals surface area contributed by atoms with Gasteiger partial charge in [-0.25, -0.2) is 4.98 Å². The Kier molecular flexibility index (Phi) is 6.10. The van der Waals surface area contributed by atoms with Crippen LogP contribution >= 0.6 is 0 Å². The van der Waals surface area contributed by atoms with E-state index < -0.39 is 0 Å². The lowest BCUT2D eigenvalue weighted by atomic mass is 9.82. The molecule has 2 aromatic heterocycles. The average molecular weight is 643 g/mol. The number of fused-ring (bicyclic) bond motifs is 10. The normalized spacial score (nSPS) is 13.9. The van der Waals surface area contributed by atoms with Gasteiger partial charge in [0.1, 0.15) is 5.82 Å². The Morgan fingerprint density at radius 3 is 2.28 bits per heavy atom. The van der Waals surface area contributed by atoms with E-state index in [4.69, 9.17) is 4.98 Å². The molecule has 50 heavy (non-hydrogen) atoms. The van der Waals surface area contributed by atoms with E-state index in [-0.39, 0.29) is 5.41 Å². The van der Waals surface area contributed by atoms with Crippen molar-refractivity contribution in [2.75, 3.05) is 4.90 Å². The third kappa shape index (κ3) is 3.99. The van der Waals surface area contributed by atoms with E-state index in [9.17, 15) is 0 Å². The van der Waals surface area contributed by atoms with Crippen molar-refractivity contribution in [1.82, 2.24) is 9.55 Å². The molecule has 10 rings (SSSR count). The molecule has 6 aromatic carbocycles. The fourth-order valence-corrected chi connectivity index (χ4v) is 8.61. The number of para-hydroxylation sites is 3. The third-order valence-electron chi connectivity index (χ3n) is 11.0. The monoisotopic (exact) mass is 642 g/mol. The van der Waals surface area contributed by atoms with E-state index >= 15 is 0 Å². The topological polar surface area (TPSA) is 33.4 Å². The highest BCUT2D eigenvalue weighted by Gasteiger charge is 2.35. The molecule has 0 radical (unpaired) electrons. The van der Waals surface area contributed by atoms with Crippen LogP contribution in [-0.2, 0) is 12.0 Å². The lowest BCUT2D eigenvalue weighted by Crippen LogP contribution is -2.21. The SMILES string of the molecule is C=Nc1ccccc1N1Cc2ccccc2-c2c1ccc1c2c2ccccc2n1-c1cc(-c2ccc3c(c2)-c2ccccc2C3(C)C)ccn1. The summed E-state index contributed by atoms with van der Waals surface area (Å²) in [7, 11) is 0. The maximum Gasteiger partial charge on any atom is 0.138 e. The first-order chi connectivity index (χ1) is 24.5. The van der Waals surface area contributed by atoms with Gasteiger partial charge in [-0.05, 0) is 99.8 Å². The number of nitrogens with zero attached hydrogens (tertiary/aromatic N) is 4.